The van der Waals surface area contributed by atoms with Gasteiger partial charge in [0.1, 0.15) is 11.1 Å². The van der Waals surface area contributed by atoms with E-state index in [2.05, 4.69) is 16.7 Å². The number of thiophene rings is 1. The number of anilines is 1. The van der Waals surface area contributed by atoms with Crippen LogP contribution in [0.1, 0.15) is 29.3 Å². The molecule has 1 aromatic rings. The predicted molar refractivity (Wildman–Crippen MR) is 72.8 cm³/mol. The van der Waals surface area contributed by atoms with Crippen molar-refractivity contribution in [2.24, 2.45) is 5.92 Å². The van der Waals surface area contributed by atoms with Crippen LogP contribution < -0.4 is 10.6 Å². The van der Waals surface area contributed by atoms with Gasteiger partial charge >= 0.3 is 0 Å². The second-order valence-electron chi connectivity index (χ2n) is 4.62. The number of hydrogen-bond acceptors (Lipinski definition) is 4. The largest absolute Gasteiger partial charge is 0.319 e. The van der Waals surface area contributed by atoms with Gasteiger partial charge in [0, 0.05) is 17.3 Å². The fraction of sp³-hybridized carbons (Fsp3) is 0.538. The molecule has 0 bridgehead atoms. The lowest BCUT2D eigenvalue weighted by Gasteiger charge is -2.10. The first-order chi connectivity index (χ1) is 8.67. The first kappa shape index (κ1) is 13.1. The molecule has 1 unspecified atom stereocenters. The van der Waals surface area contributed by atoms with E-state index in [0.717, 1.165) is 29.8 Å². The molecule has 4 nitrogen and oxygen atoms in total. The summed E-state index contributed by atoms with van der Waals surface area (Å²) in [4.78, 5) is 13.2. The Kier molecular flexibility index (Phi) is 4.00. The molecule has 0 fully saturated rings. The van der Waals surface area contributed by atoms with Crippen LogP contribution in [-0.2, 0) is 17.6 Å². The van der Waals surface area contributed by atoms with Gasteiger partial charge in [0.25, 0.3) is 0 Å². The fourth-order valence-corrected chi connectivity index (χ4v) is 3.49. The molecule has 96 valence electrons. The summed E-state index contributed by atoms with van der Waals surface area (Å²) in [5.41, 5.74) is 1.83. The lowest BCUT2D eigenvalue weighted by Crippen LogP contribution is -2.28. The maximum atomic E-state index is 11.9. The molecule has 0 saturated carbocycles. The van der Waals surface area contributed by atoms with E-state index in [1.54, 1.807) is 11.3 Å². The molecule has 1 aromatic heterocycles. The monoisotopic (exact) mass is 263 g/mol. The molecule has 5 heteroatoms. The smallest absolute Gasteiger partial charge is 0.229 e. The summed E-state index contributed by atoms with van der Waals surface area (Å²) in [6.07, 6.45) is 3.13. The first-order valence-corrected chi connectivity index (χ1v) is 6.99. The molecule has 0 aliphatic heterocycles. The Bertz CT molecular complexity index is 501. The highest BCUT2D eigenvalue weighted by Crippen LogP contribution is 2.38. The summed E-state index contributed by atoms with van der Waals surface area (Å²) in [7, 11) is 1.82. The number of fused-ring (bicyclic) bond motifs is 1. The molecule has 1 aliphatic rings. The lowest BCUT2D eigenvalue weighted by atomic mass is 10.1. The summed E-state index contributed by atoms with van der Waals surface area (Å²) < 4.78 is 0. The van der Waals surface area contributed by atoms with E-state index >= 15 is 0 Å². The van der Waals surface area contributed by atoms with Gasteiger partial charge in [-0.05, 0) is 31.9 Å². The Hall–Kier alpha value is -1.38. The molecule has 0 spiro atoms. The third-order valence-electron chi connectivity index (χ3n) is 3.23. The van der Waals surface area contributed by atoms with Gasteiger partial charge in [-0.25, -0.2) is 0 Å². The van der Waals surface area contributed by atoms with Crippen molar-refractivity contribution in [3.8, 4) is 6.07 Å². The van der Waals surface area contributed by atoms with E-state index in [1.165, 1.54) is 4.88 Å². The molecule has 1 heterocycles. The predicted octanol–water partition coefficient (Wildman–Crippen LogP) is 1.90. The molecule has 2 rings (SSSR count). The highest BCUT2D eigenvalue weighted by atomic mass is 32.1. The topological polar surface area (TPSA) is 64.9 Å². The Balaban J connectivity index is 2.15. The number of rotatable bonds is 4. The van der Waals surface area contributed by atoms with Crippen molar-refractivity contribution in [3.05, 3.63) is 16.0 Å². The van der Waals surface area contributed by atoms with E-state index in [-0.39, 0.29) is 11.8 Å². The second kappa shape index (κ2) is 5.51. The summed E-state index contributed by atoms with van der Waals surface area (Å²) in [6.45, 7) is 2.51. The summed E-state index contributed by atoms with van der Waals surface area (Å²) in [5.74, 6) is -0.126. The van der Waals surface area contributed by atoms with Crippen LogP contribution in [0.2, 0.25) is 0 Å². The number of nitrogens with zero attached hydrogens (tertiary/aromatic N) is 1. The highest BCUT2D eigenvalue weighted by Gasteiger charge is 2.24. The van der Waals surface area contributed by atoms with Gasteiger partial charge in [-0.15, -0.1) is 11.3 Å². The molecular weight excluding hydrogens is 246 g/mol. The Morgan fingerprint density at radius 2 is 2.33 bits per heavy atom. The normalized spacial score (nSPS) is 14.9. The van der Waals surface area contributed by atoms with Gasteiger partial charge in [-0.1, -0.05) is 6.92 Å². The van der Waals surface area contributed by atoms with E-state index in [4.69, 9.17) is 0 Å². The summed E-state index contributed by atoms with van der Waals surface area (Å²) in [5, 5.41) is 15.8. The fourth-order valence-electron chi connectivity index (χ4n) is 2.24. The Morgan fingerprint density at radius 3 is 3.00 bits per heavy atom. The van der Waals surface area contributed by atoms with Gasteiger partial charge < -0.3 is 10.6 Å². The SMILES string of the molecule is CNCC(C)C(=O)Nc1sc2c(c1C#N)CCC2. The van der Waals surface area contributed by atoms with Gasteiger partial charge in [-0.3, -0.25) is 4.79 Å². The molecule has 0 aromatic carbocycles. The van der Waals surface area contributed by atoms with Crippen molar-refractivity contribution in [3.63, 3.8) is 0 Å². The van der Waals surface area contributed by atoms with Gasteiger partial charge in [-0.2, -0.15) is 5.26 Å². The van der Waals surface area contributed by atoms with Crippen LogP contribution in [0.3, 0.4) is 0 Å². The van der Waals surface area contributed by atoms with E-state index in [0.29, 0.717) is 12.1 Å². The van der Waals surface area contributed by atoms with Crippen molar-refractivity contribution >= 4 is 22.2 Å². The number of carbonyl (C=O) groups is 1. The molecule has 1 atom stereocenters. The minimum atomic E-state index is -0.0986. The molecule has 2 N–H and O–H groups in total. The van der Waals surface area contributed by atoms with Crippen LogP contribution in [0.4, 0.5) is 5.00 Å². The van der Waals surface area contributed by atoms with Crippen LogP contribution >= 0.6 is 11.3 Å². The number of hydrogen-bond donors (Lipinski definition) is 2. The molecule has 1 aliphatic carbocycles. The maximum absolute atomic E-state index is 11.9. The van der Waals surface area contributed by atoms with Crippen molar-refractivity contribution in [2.75, 3.05) is 18.9 Å². The van der Waals surface area contributed by atoms with Crippen molar-refractivity contribution in [2.45, 2.75) is 26.2 Å². The maximum Gasteiger partial charge on any atom is 0.229 e. The molecule has 18 heavy (non-hydrogen) atoms. The third kappa shape index (κ3) is 2.40. The number of carbonyl (C=O) groups excluding carboxylic acids is 1. The average molecular weight is 263 g/mol. The van der Waals surface area contributed by atoms with Gasteiger partial charge in [0.05, 0.1) is 5.56 Å². The zero-order valence-corrected chi connectivity index (χ0v) is 11.5. The highest BCUT2D eigenvalue weighted by molar-refractivity contribution is 7.16. The molecule has 1 amide bonds. The third-order valence-corrected chi connectivity index (χ3v) is 4.43. The molecule has 0 radical (unpaired) electrons. The number of amides is 1. The standard InChI is InChI=1S/C13H17N3OS/c1-8(7-15-2)12(17)16-13-10(6-14)9-4-3-5-11(9)18-13/h8,15H,3-5,7H2,1-2H3,(H,16,17). The quantitative estimate of drug-likeness (QED) is 0.872. The van der Waals surface area contributed by atoms with E-state index < -0.39 is 0 Å². The zero-order valence-electron chi connectivity index (χ0n) is 10.7. The van der Waals surface area contributed by atoms with Crippen LogP contribution in [0.5, 0.6) is 0 Å². The molecule has 0 saturated heterocycles. The zero-order chi connectivity index (χ0) is 13.1. The van der Waals surface area contributed by atoms with Gasteiger partial charge in [0.15, 0.2) is 0 Å². The van der Waals surface area contributed by atoms with E-state index in [9.17, 15) is 10.1 Å². The van der Waals surface area contributed by atoms with Gasteiger partial charge in [0.2, 0.25) is 5.91 Å². The minimum Gasteiger partial charge on any atom is -0.319 e. The number of nitriles is 1. The second-order valence-corrected chi connectivity index (χ2v) is 5.73. The Morgan fingerprint density at radius 1 is 1.56 bits per heavy atom. The van der Waals surface area contributed by atoms with Crippen molar-refractivity contribution < 1.29 is 4.79 Å². The number of aryl methyl sites for hydroxylation is 1. The summed E-state index contributed by atoms with van der Waals surface area (Å²) >= 11 is 1.56. The Labute approximate surface area is 111 Å². The minimum absolute atomic E-state index is 0.0271. The molecular formula is C13H17N3OS. The van der Waals surface area contributed by atoms with Crippen molar-refractivity contribution in [1.82, 2.24) is 5.32 Å². The van der Waals surface area contributed by atoms with Crippen LogP contribution in [0, 0.1) is 17.2 Å². The van der Waals surface area contributed by atoms with Crippen LogP contribution in [-0.4, -0.2) is 19.5 Å². The summed E-state index contributed by atoms with van der Waals surface area (Å²) in [6, 6.07) is 2.23. The number of nitrogens with one attached hydrogen (secondary N) is 2. The lowest BCUT2D eigenvalue weighted by molar-refractivity contribution is -0.119. The van der Waals surface area contributed by atoms with Crippen molar-refractivity contribution in [1.29, 1.82) is 5.26 Å². The van der Waals surface area contributed by atoms with E-state index in [1.807, 2.05) is 14.0 Å². The van der Waals surface area contributed by atoms with Crippen LogP contribution in [0.25, 0.3) is 0 Å². The van der Waals surface area contributed by atoms with Crippen LogP contribution in [0.15, 0.2) is 0 Å². The first-order valence-electron chi connectivity index (χ1n) is 6.17. The average Bonchev–Trinajstić information content (AvgIpc) is 2.89.